The Bertz CT molecular complexity index is 477. The summed E-state index contributed by atoms with van der Waals surface area (Å²) in [7, 11) is 1.00. The van der Waals surface area contributed by atoms with Crippen LogP contribution in [0.3, 0.4) is 0 Å². The highest BCUT2D eigenvalue weighted by Gasteiger charge is 2.41. The molecule has 2 unspecified atom stereocenters. The predicted octanol–water partition coefficient (Wildman–Crippen LogP) is 1.21. The monoisotopic (exact) mass is 388 g/mol. The van der Waals surface area contributed by atoms with Crippen molar-refractivity contribution in [2.24, 2.45) is 26.2 Å². The predicted molar refractivity (Wildman–Crippen MR) is 103 cm³/mol. The molecule has 0 heterocycles. The van der Waals surface area contributed by atoms with Gasteiger partial charge in [-0.05, 0) is 36.5 Å². The second kappa shape index (κ2) is 13.7. The Kier molecular flexibility index (Phi) is 14.1. The summed E-state index contributed by atoms with van der Waals surface area (Å²) >= 11 is 0. The van der Waals surface area contributed by atoms with E-state index in [0.29, 0.717) is 13.0 Å². The van der Waals surface area contributed by atoms with Crippen molar-refractivity contribution in [2.75, 3.05) is 33.5 Å². The maximum atomic E-state index is 10.3. The van der Waals surface area contributed by atoms with Crippen LogP contribution in [0.15, 0.2) is 9.98 Å². The average molecular weight is 389 g/mol. The van der Waals surface area contributed by atoms with Gasteiger partial charge in [-0.1, -0.05) is 27.7 Å². The van der Waals surface area contributed by atoms with E-state index < -0.39 is 5.41 Å². The highest BCUT2D eigenvalue weighted by molar-refractivity contribution is 5.34. The number of aliphatic hydroxyl groups excluding tert-OH is 4. The SMILES string of the molecule is CC1(C)CC(N=C=O)CC(C)(CN=C=O)C1.CCC(CO)(CO)CO.CO. The van der Waals surface area contributed by atoms with Crippen molar-refractivity contribution in [2.45, 2.75) is 59.4 Å². The highest BCUT2D eigenvalue weighted by Crippen LogP contribution is 2.47. The molecule has 8 heteroatoms. The number of hydrogen-bond donors (Lipinski definition) is 4. The lowest BCUT2D eigenvalue weighted by Gasteiger charge is -2.44. The lowest BCUT2D eigenvalue weighted by atomic mass is 9.63. The molecule has 0 amide bonds. The number of nitrogens with zero attached hydrogens (tertiary/aromatic N) is 2. The van der Waals surface area contributed by atoms with Gasteiger partial charge in [-0.2, -0.15) is 0 Å². The van der Waals surface area contributed by atoms with Crippen molar-refractivity contribution in [3.05, 3.63) is 0 Å². The van der Waals surface area contributed by atoms with E-state index in [0.717, 1.165) is 26.4 Å². The van der Waals surface area contributed by atoms with Crippen LogP contribution in [0.5, 0.6) is 0 Å². The lowest BCUT2D eigenvalue weighted by molar-refractivity contribution is 0.00304. The Labute approximate surface area is 162 Å². The van der Waals surface area contributed by atoms with Crippen LogP contribution in [-0.4, -0.2) is 72.1 Å². The first-order valence-corrected chi connectivity index (χ1v) is 9.03. The zero-order valence-corrected chi connectivity index (χ0v) is 17.2. The minimum atomic E-state index is -0.667. The summed E-state index contributed by atoms with van der Waals surface area (Å²) in [4.78, 5) is 28.0. The number of aliphatic hydroxyl groups is 4. The van der Waals surface area contributed by atoms with Crippen LogP contribution in [-0.2, 0) is 9.59 Å². The Hall–Kier alpha value is -1.40. The Morgan fingerprint density at radius 2 is 1.52 bits per heavy atom. The maximum Gasteiger partial charge on any atom is 0.235 e. The van der Waals surface area contributed by atoms with E-state index in [1.54, 1.807) is 12.2 Å². The van der Waals surface area contributed by atoms with Crippen molar-refractivity contribution < 1.29 is 30.0 Å². The summed E-state index contributed by atoms with van der Waals surface area (Å²) in [6.45, 7) is 8.21. The van der Waals surface area contributed by atoms with Gasteiger partial charge in [0.15, 0.2) is 0 Å². The van der Waals surface area contributed by atoms with Gasteiger partial charge in [0.2, 0.25) is 12.2 Å². The van der Waals surface area contributed by atoms with E-state index >= 15 is 0 Å². The molecule has 0 radical (unpaired) electrons. The molecule has 0 aliphatic heterocycles. The molecule has 2 atom stereocenters. The second-order valence-electron chi connectivity index (χ2n) is 8.17. The summed E-state index contributed by atoms with van der Waals surface area (Å²) in [5, 5.41) is 33.0. The fraction of sp³-hybridized carbons (Fsp3) is 0.895. The third-order valence-corrected chi connectivity index (χ3v) is 4.94. The highest BCUT2D eigenvalue weighted by atomic mass is 16.3. The van der Waals surface area contributed by atoms with E-state index in [2.05, 4.69) is 30.8 Å². The van der Waals surface area contributed by atoms with E-state index in [-0.39, 0.29) is 36.7 Å². The molecule has 0 bridgehead atoms. The third-order valence-electron chi connectivity index (χ3n) is 4.94. The van der Waals surface area contributed by atoms with Gasteiger partial charge in [0.25, 0.3) is 0 Å². The van der Waals surface area contributed by atoms with Crippen molar-refractivity contribution in [1.82, 2.24) is 0 Å². The van der Waals surface area contributed by atoms with E-state index in [4.69, 9.17) is 20.4 Å². The molecular weight excluding hydrogens is 352 g/mol. The van der Waals surface area contributed by atoms with Gasteiger partial charge >= 0.3 is 0 Å². The van der Waals surface area contributed by atoms with Crippen molar-refractivity contribution >= 4 is 12.2 Å². The topological polar surface area (TPSA) is 140 Å². The molecule has 0 aromatic heterocycles. The van der Waals surface area contributed by atoms with E-state index in [1.807, 2.05) is 6.92 Å². The van der Waals surface area contributed by atoms with Crippen molar-refractivity contribution in [1.29, 1.82) is 0 Å². The number of rotatable bonds is 7. The van der Waals surface area contributed by atoms with Crippen LogP contribution < -0.4 is 0 Å². The Morgan fingerprint density at radius 3 is 1.85 bits per heavy atom. The smallest absolute Gasteiger partial charge is 0.235 e. The van der Waals surface area contributed by atoms with Crippen LogP contribution in [0.1, 0.15) is 53.4 Å². The molecular formula is C19H36N2O6. The van der Waals surface area contributed by atoms with Gasteiger partial charge in [-0.15, -0.1) is 0 Å². The zero-order valence-electron chi connectivity index (χ0n) is 17.2. The summed E-state index contributed by atoms with van der Waals surface area (Å²) in [5.74, 6) is 0. The van der Waals surface area contributed by atoms with Gasteiger partial charge in [0.1, 0.15) is 0 Å². The molecule has 1 aliphatic rings. The van der Waals surface area contributed by atoms with Crippen LogP contribution in [0, 0.1) is 16.2 Å². The fourth-order valence-electron chi connectivity index (χ4n) is 3.57. The molecule has 158 valence electrons. The minimum absolute atomic E-state index is 0.00750. The Balaban J connectivity index is 0. The van der Waals surface area contributed by atoms with Gasteiger partial charge in [-0.3, -0.25) is 0 Å². The molecule has 27 heavy (non-hydrogen) atoms. The van der Waals surface area contributed by atoms with E-state index in [1.165, 1.54) is 0 Å². The quantitative estimate of drug-likeness (QED) is 0.382. The largest absolute Gasteiger partial charge is 0.400 e. The first kappa shape index (κ1) is 27.8. The molecule has 0 saturated heterocycles. The molecule has 0 spiro atoms. The number of aliphatic imine (C=N–C) groups is 2. The zero-order chi connectivity index (χ0) is 21.6. The van der Waals surface area contributed by atoms with E-state index in [9.17, 15) is 9.59 Å². The Morgan fingerprint density at radius 1 is 1.00 bits per heavy atom. The first-order chi connectivity index (χ1) is 12.6. The molecule has 0 aromatic rings. The van der Waals surface area contributed by atoms with Gasteiger partial charge in [-0.25, -0.2) is 19.6 Å². The molecule has 1 fully saturated rings. The molecule has 0 aromatic carbocycles. The molecule has 4 N–H and O–H groups in total. The summed E-state index contributed by atoms with van der Waals surface area (Å²) in [6, 6.07) is 0.00750. The van der Waals surface area contributed by atoms with Crippen LogP contribution >= 0.6 is 0 Å². The molecule has 1 aliphatic carbocycles. The minimum Gasteiger partial charge on any atom is -0.400 e. The van der Waals surface area contributed by atoms with Gasteiger partial charge in [0, 0.05) is 12.5 Å². The number of carbonyl (C=O) groups excluding carboxylic acids is 2. The second-order valence-corrected chi connectivity index (χ2v) is 8.17. The summed E-state index contributed by atoms with van der Waals surface area (Å²) in [6.07, 6.45) is 6.47. The average Bonchev–Trinajstić information content (AvgIpc) is 2.63. The molecule has 1 saturated carbocycles. The van der Waals surface area contributed by atoms with Crippen LogP contribution in [0.25, 0.3) is 0 Å². The summed E-state index contributed by atoms with van der Waals surface area (Å²) < 4.78 is 0. The normalized spacial score (nSPS) is 23.4. The number of isocyanates is 2. The van der Waals surface area contributed by atoms with Crippen molar-refractivity contribution in [3.63, 3.8) is 0 Å². The third kappa shape index (κ3) is 10.5. The van der Waals surface area contributed by atoms with Crippen LogP contribution in [0.4, 0.5) is 0 Å². The molecule has 1 rings (SSSR count). The maximum absolute atomic E-state index is 10.3. The van der Waals surface area contributed by atoms with Crippen LogP contribution in [0.2, 0.25) is 0 Å². The van der Waals surface area contributed by atoms with Gasteiger partial charge < -0.3 is 20.4 Å². The molecule has 8 nitrogen and oxygen atoms in total. The van der Waals surface area contributed by atoms with Crippen molar-refractivity contribution in [3.8, 4) is 0 Å². The fourth-order valence-corrected chi connectivity index (χ4v) is 3.57. The lowest BCUT2D eigenvalue weighted by Crippen LogP contribution is -2.39. The van der Waals surface area contributed by atoms with Gasteiger partial charge in [0.05, 0.1) is 32.4 Å². The first-order valence-electron chi connectivity index (χ1n) is 9.03. The number of hydrogen-bond acceptors (Lipinski definition) is 8. The standard InChI is InChI=1S/C12H18N2O2.C6H14O3.CH4O/c1-11(2)4-10(14-9-16)5-12(3,6-11)7-13-8-15;1-2-6(3-7,4-8)5-9;1-2/h10H,4-7H2,1-3H3;7-9H,2-5H2,1H3;2H,1H3. The summed E-state index contributed by atoms with van der Waals surface area (Å²) in [5.41, 5.74) is -0.611.